The van der Waals surface area contributed by atoms with E-state index in [1.807, 2.05) is 6.92 Å². The average molecular weight is 282 g/mol. The molecule has 0 aromatic rings. The molecule has 5 heteroatoms. The third-order valence-corrected chi connectivity index (χ3v) is 4.50. The van der Waals surface area contributed by atoms with Gasteiger partial charge < -0.3 is 5.73 Å². The van der Waals surface area contributed by atoms with Crippen LogP contribution in [0.3, 0.4) is 0 Å². The van der Waals surface area contributed by atoms with Crippen LogP contribution in [-0.4, -0.2) is 65.6 Å². The number of rotatable bonds is 5. The van der Waals surface area contributed by atoms with Gasteiger partial charge in [-0.15, -0.1) is 0 Å². The molecule has 3 N–H and O–H groups in total. The molecule has 1 saturated carbocycles. The highest BCUT2D eigenvalue weighted by atomic mass is 16.1. The van der Waals surface area contributed by atoms with Crippen molar-refractivity contribution in [3.63, 3.8) is 0 Å². The fourth-order valence-electron chi connectivity index (χ4n) is 2.90. The zero-order chi connectivity index (χ0) is 15.0. The summed E-state index contributed by atoms with van der Waals surface area (Å²) in [5.74, 6) is -0.234. The lowest BCUT2D eigenvalue weighted by Gasteiger charge is -2.44. The van der Waals surface area contributed by atoms with Crippen LogP contribution in [0.2, 0.25) is 0 Å². The van der Waals surface area contributed by atoms with Crippen molar-refractivity contribution in [1.29, 1.82) is 0 Å². The number of hydrogen-bond donors (Lipinski definition) is 2. The Bertz CT molecular complexity index is 353. The number of nitrogens with two attached hydrogens (primary N) is 1. The summed E-state index contributed by atoms with van der Waals surface area (Å²) in [5, 5.41) is 3.43. The molecule has 1 aliphatic heterocycles. The van der Waals surface area contributed by atoms with Crippen molar-refractivity contribution >= 4 is 5.91 Å². The van der Waals surface area contributed by atoms with E-state index < -0.39 is 5.54 Å². The first-order valence-corrected chi connectivity index (χ1v) is 7.76. The number of primary amides is 1. The molecular formula is C15H30N4O. The van der Waals surface area contributed by atoms with Crippen LogP contribution in [0, 0.1) is 0 Å². The summed E-state index contributed by atoms with van der Waals surface area (Å²) in [6, 6.07) is 0.489. The SMILES string of the molecule is CC(CN1CCN(C(C)(C)C)CC1)(NC1CC1)C(N)=O. The summed E-state index contributed by atoms with van der Waals surface area (Å²) >= 11 is 0. The Morgan fingerprint density at radius 1 is 1.15 bits per heavy atom. The molecule has 1 atom stereocenters. The molecule has 1 saturated heterocycles. The van der Waals surface area contributed by atoms with E-state index in [2.05, 4.69) is 35.9 Å². The highest BCUT2D eigenvalue weighted by Crippen LogP contribution is 2.23. The molecule has 1 aliphatic carbocycles. The second-order valence-electron chi connectivity index (χ2n) is 7.55. The fourth-order valence-corrected chi connectivity index (χ4v) is 2.90. The highest BCUT2D eigenvalue weighted by Gasteiger charge is 2.39. The van der Waals surface area contributed by atoms with Crippen LogP contribution < -0.4 is 11.1 Å². The Morgan fingerprint density at radius 2 is 1.70 bits per heavy atom. The van der Waals surface area contributed by atoms with Gasteiger partial charge in [0.2, 0.25) is 5.91 Å². The van der Waals surface area contributed by atoms with Crippen molar-refractivity contribution in [3.05, 3.63) is 0 Å². The Labute approximate surface area is 122 Å². The van der Waals surface area contributed by atoms with E-state index in [9.17, 15) is 4.79 Å². The summed E-state index contributed by atoms with van der Waals surface area (Å²) in [5.41, 5.74) is 5.26. The molecule has 0 aromatic heterocycles. The minimum atomic E-state index is -0.592. The predicted octanol–water partition coefficient (Wildman–Crippen LogP) is 0.399. The molecule has 116 valence electrons. The lowest BCUT2D eigenvalue weighted by Crippen LogP contribution is -2.63. The Hall–Kier alpha value is -0.650. The van der Waals surface area contributed by atoms with Crippen LogP contribution >= 0.6 is 0 Å². The van der Waals surface area contributed by atoms with E-state index in [0.717, 1.165) is 32.7 Å². The van der Waals surface area contributed by atoms with Crippen LogP contribution in [0.5, 0.6) is 0 Å². The smallest absolute Gasteiger partial charge is 0.238 e. The van der Waals surface area contributed by atoms with Crippen molar-refractivity contribution in [1.82, 2.24) is 15.1 Å². The molecule has 0 bridgehead atoms. The Morgan fingerprint density at radius 3 is 2.10 bits per heavy atom. The van der Waals surface area contributed by atoms with Crippen molar-refractivity contribution in [2.75, 3.05) is 32.7 Å². The maximum absolute atomic E-state index is 11.8. The maximum atomic E-state index is 11.8. The fraction of sp³-hybridized carbons (Fsp3) is 0.933. The van der Waals surface area contributed by atoms with Crippen LogP contribution in [0.4, 0.5) is 0 Å². The van der Waals surface area contributed by atoms with Crippen LogP contribution in [-0.2, 0) is 4.79 Å². The van der Waals surface area contributed by atoms with Crippen molar-refractivity contribution in [2.24, 2.45) is 5.73 Å². The number of piperazine rings is 1. The van der Waals surface area contributed by atoms with Gasteiger partial charge in [0.05, 0.1) is 0 Å². The second-order valence-corrected chi connectivity index (χ2v) is 7.55. The standard InChI is InChI=1S/C15H30N4O/c1-14(2,3)19-9-7-18(8-10-19)11-15(4,13(16)20)17-12-5-6-12/h12,17H,5-11H2,1-4H3,(H2,16,20). The highest BCUT2D eigenvalue weighted by molar-refractivity contribution is 5.84. The second kappa shape index (κ2) is 5.62. The van der Waals surface area contributed by atoms with Crippen molar-refractivity contribution in [2.45, 2.75) is 57.7 Å². The van der Waals surface area contributed by atoms with Crippen molar-refractivity contribution in [3.8, 4) is 0 Å². The molecule has 1 amide bonds. The quantitative estimate of drug-likeness (QED) is 0.766. The maximum Gasteiger partial charge on any atom is 0.238 e. The number of hydrogen-bond acceptors (Lipinski definition) is 4. The van der Waals surface area contributed by atoms with Gasteiger partial charge in [-0.3, -0.25) is 19.9 Å². The van der Waals surface area contributed by atoms with E-state index in [1.54, 1.807) is 0 Å². The first-order chi connectivity index (χ1) is 9.21. The van der Waals surface area contributed by atoms with Gasteiger partial charge in [-0.2, -0.15) is 0 Å². The minimum Gasteiger partial charge on any atom is -0.368 e. The summed E-state index contributed by atoms with van der Waals surface area (Å²) in [6.45, 7) is 13.6. The average Bonchev–Trinajstić information content (AvgIpc) is 3.12. The first kappa shape index (κ1) is 15.7. The molecule has 0 radical (unpaired) electrons. The van der Waals surface area contributed by atoms with Gasteiger partial charge in [0, 0.05) is 44.3 Å². The molecular weight excluding hydrogens is 252 g/mol. The lowest BCUT2D eigenvalue weighted by atomic mass is 9.99. The normalized spacial score (nSPS) is 25.4. The van der Waals surface area contributed by atoms with Crippen LogP contribution in [0.1, 0.15) is 40.5 Å². The summed E-state index contributed by atoms with van der Waals surface area (Å²) in [7, 11) is 0. The third-order valence-electron chi connectivity index (χ3n) is 4.50. The van der Waals surface area contributed by atoms with Crippen LogP contribution in [0.25, 0.3) is 0 Å². The van der Waals surface area contributed by atoms with Gasteiger partial charge in [0.25, 0.3) is 0 Å². The summed E-state index contributed by atoms with van der Waals surface area (Å²) in [6.07, 6.45) is 2.33. The molecule has 0 spiro atoms. The van der Waals surface area contributed by atoms with Gasteiger partial charge in [0.15, 0.2) is 0 Å². The van der Waals surface area contributed by atoms with E-state index >= 15 is 0 Å². The Kier molecular flexibility index (Phi) is 4.42. The van der Waals surface area contributed by atoms with E-state index in [4.69, 9.17) is 5.73 Å². The van der Waals surface area contributed by atoms with E-state index in [1.165, 1.54) is 12.8 Å². The molecule has 20 heavy (non-hydrogen) atoms. The first-order valence-electron chi connectivity index (χ1n) is 7.76. The molecule has 1 unspecified atom stereocenters. The van der Waals surface area contributed by atoms with E-state index in [0.29, 0.717) is 6.04 Å². The largest absolute Gasteiger partial charge is 0.368 e. The number of nitrogens with one attached hydrogen (secondary N) is 1. The molecule has 2 rings (SSSR count). The predicted molar refractivity (Wildman–Crippen MR) is 81.5 cm³/mol. The van der Waals surface area contributed by atoms with Gasteiger partial charge in [0.1, 0.15) is 5.54 Å². The van der Waals surface area contributed by atoms with Gasteiger partial charge in [-0.25, -0.2) is 0 Å². The third kappa shape index (κ3) is 3.93. The summed E-state index contributed by atoms with van der Waals surface area (Å²) in [4.78, 5) is 16.7. The molecule has 2 fully saturated rings. The number of nitrogens with zero attached hydrogens (tertiary/aromatic N) is 2. The minimum absolute atomic E-state index is 0.228. The monoisotopic (exact) mass is 282 g/mol. The van der Waals surface area contributed by atoms with Gasteiger partial charge in [-0.05, 0) is 40.5 Å². The Balaban J connectivity index is 1.88. The van der Waals surface area contributed by atoms with Crippen LogP contribution in [0.15, 0.2) is 0 Å². The summed E-state index contributed by atoms with van der Waals surface area (Å²) < 4.78 is 0. The van der Waals surface area contributed by atoms with Gasteiger partial charge in [-0.1, -0.05) is 0 Å². The number of carbonyl (C=O) groups is 1. The van der Waals surface area contributed by atoms with Crippen molar-refractivity contribution < 1.29 is 4.79 Å². The van der Waals surface area contributed by atoms with E-state index in [-0.39, 0.29) is 11.4 Å². The molecule has 1 heterocycles. The molecule has 0 aromatic carbocycles. The lowest BCUT2D eigenvalue weighted by molar-refractivity contribution is -0.125. The number of amides is 1. The molecule has 2 aliphatic rings. The topological polar surface area (TPSA) is 61.6 Å². The molecule has 5 nitrogen and oxygen atoms in total. The van der Waals surface area contributed by atoms with Gasteiger partial charge >= 0.3 is 0 Å². The zero-order valence-corrected chi connectivity index (χ0v) is 13.4. The zero-order valence-electron chi connectivity index (χ0n) is 13.4. The number of carbonyl (C=O) groups excluding carboxylic acids is 1.